The van der Waals surface area contributed by atoms with Crippen LogP contribution in [0.15, 0.2) is 18.3 Å². The summed E-state index contributed by atoms with van der Waals surface area (Å²) in [6.45, 7) is 6.15. The Bertz CT molecular complexity index is 855. The van der Waals surface area contributed by atoms with Crippen molar-refractivity contribution >= 4 is 16.7 Å². The minimum Gasteiger partial charge on any atom is -0.490 e. The average Bonchev–Trinajstić information content (AvgIpc) is 2.99. The lowest BCUT2D eigenvalue weighted by atomic mass is 10.0. The van der Waals surface area contributed by atoms with E-state index in [1.807, 2.05) is 32.9 Å². The predicted octanol–water partition coefficient (Wildman–Crippen LogP) is 2.86. The highest BCUT2D eigenvalue weighted by atomic mass is 16.5. The highest BCUT2D eigenvalue weighted by Crippen LogP contribution is 2.33. The van der Waals surface area contributed by atoms with Crippen molar-refractivity contribution in [2.24, 2.45) is 0 Å². The van der Waals surface area contributed by atoms with Gasteiger partial charge in [-0.1, -0.05) is 0 Å². The summed E-state index contributed by atoms with van der Waals surface area (Å²) in [6, 6.07) is 5.83. The number of nitrogens with zero attached hydrogens (tertiary/aromatic N) is 2. The van der Waals surface area contributed by atoms with Crippen LogP contribution in [0, 0.1) is 18.3 Å². The third kappa shape index (κ3) is 3.66. The summed E-state index contributed by atoms with van der Waals surface area (Å²) in [5.74, 6) is 1.07. The molecule has 6 nitrogen and oxygen atoms in total. The van der Waals surface area contributed by atoms with E-state index in [0.717, 1.165) is 22.8 Å². The zero-order chi connectivity index (χ0) is 18.0. The molecule has 0 spiro atoms. The van der Waals surface area contributed by atoms with Gasteiger partial charge in [0, 0.05) is 18.0 Å². The number of amides is 1. The van der Waals surface area contributed by atoms with Crippen molar-refractivity contribution in [2.75, 3.05) is 6.61 Å². The topological polar surface area (TPSA) is 84.2 Å². The Morgan fingerprint density at radius 1 is 1.40 bits per heavy atom. The Morgan fingerprint density at radius 2 is 2.20 bits per heavy atom. The molecule has 1 amide bonds. The molecule has 6 heteroatoms. The molecule has 25 heavy (non-hydrogen) atoms. The Kier molecular flexibility index (Phi) is 4.75. The molecule has 1 fully saturated rings. The van der Waals surface area contributed by atoms with Crippen LogP contribution >= 0.6 is 0 Å². The van der Waals surface area contributed by atoms with Gasteiger partial charge in [-0.05, 0) is 50.3 Å². The molecule has 1 aromatic heterocycles. The van der Waals surface area contributed by atoms with Crippen molar-refractivity contribution in [2.45, 2.75) is 45.8 Å². The van der Waals surface area contributed by atoms with E-state index in [1.54, 1.807) is 6.20 Å². The van der Waals surface area contributed by atoms with E-state index < -0.39 is 0 Å². The lowest BCUT2D eigenvalue weighted by molar-refractivity contribution is -0.119. The van der Waals surface area contributed by atoms with Crippen molar-refractivity contribution in [1.29, 1.82) is 5.26 Å². The molecule has 0 unspecified atom stereocenters. The minimum absolute atomic E-state index is 0.00965. The second kappa shape index (κ2) is 6.98. The minimum atomic E-state index is -0.0413. The number of fused-ring (bicyclic) bond motifs is 1. The third-order valence-corrected chi connectivity index (χ3v) is 4.14. The van der Waals surface area contributed by atoms with Crippen molar-refractivity contribution in [3.8, 4) is 17.7 Å². The number of hydrogen-bond acceptors (Lipinski definition) is 5. The first-order valence-corrected chi connectivity index (χ1v) is 8.40. The molecule has 1 aliphatic rings. The van der Waals surface area contributed by atoms with Crippen LogP contribution in [0.4, 0.5) is 0 Å². The van der Waals surface area contributed by atoms with Crippen LogP contribution in [0.3, 0.4) is 0 Å². The van der Waals surface area contributed by atoms with Gasteiger partial charge < -0.3 is 14.8 Å². The average molecular weight is 339 g/mol. The molecular formula is C19H21N3O3. The number of ether oxygens (including phenoxy) is 2. The zero-order valence-electron chi connectivity index (χ0n) is 14.6. The second-order valence-corrected chi connectivity index (χ2v) is 6.53. The first-order valence-electron chi connectivity index (χ1n) is 8.40. The van der Waals surface area contributed by atoms with E-state index in [-0.39, 0.29) is 18.1 Å². The summed E-state index contributed by atoms with van der Waals surface area (Å²) >= 11 is 0. The Labute approximate surface area is 146 Å². The molecule has 0 bridgehead atoms. The summed E-state index contributed by atoms with van der Waals surface area (Å²) in [5, 5.41) is 14.0. The maximum Gasteiger partial charge on any atom is 0.221 e. The van der Waals surface area contributed by atoms with E-state index in [0.29, 0.717) is 30.2 Å². The number of pyridine rings is 1. The number of benzene rings is 1. The quantitative estimate of drug-likeness (QED) is 0.905. The molecule has 0 aliphatic carbocycles. The number of carbonyl (C=O) groups excluding carboxylic acids is 1. The van der Waals surface area contributed by atoms with Gasteiger partial charge in [-0.25, -0.2) is 4.98 Å². The summed E-state index contributed by atoms with van der Waals surface area (Å²) in [7, 11) is 0. The molecule has 1 N–H and O–H groups in total. The molecule has 0 radical (unpaired) electrons. The largest absolute Gasteiger partial charge is 0.490 e. The van der Waals surface area contributed by atoms with Crippen LogP contribution in [0.2, 0.25) is 0 Å². The van der Waals surface area contributed by atoms with Gasteiger partial charge in [0.05, 0.1) is 17.7 Å². The second-order valence-electron chi connectivity index (χ2n) is 6.53. The predicted molar refractivity (Wildman–Crippen MR) is 93.6 cm³/mol. The highest BCUT2D eigenvalue weighted by Gasteiger charge is 2.22. The normalized spacial score (nSPS) is 16.8. The van der Waals surface area contributed by atoms with Crippen LogP contribution in [0.25, 0.3) is 10.8 Å². The van der Waals surface area contributed by atoms with E-state index in [4.69, 9.17) is 9.47 Å². The molecule has 1 saturated heterocycles. The molecule has 2 heterocycles. The van der Waals surface area contributed by atoms with Crippen LogP contribution in [0.5, 0.6) is 11.6 Å². The van der Waals surface area contributed by atoms with Gasteiger partial charge >= 0.3 is 0 Å². The fraction of sp³-hybridized carbons (Fsp3) is 0.421. The number of nitrogens with one attached hydrogen (secondary N) is 1. The van der Waals surface area contributed by atoms with Crippen LogP contribution < -0.4 is 14.8 Å². The monoisotopic (exact) mass is 339 g/mol. The highest BCUT2D eigenvalue weighted by molar-refractivity contribution is 5.92. The Morgan fingerprint density at radius 3 is 2.84 bits per heavy atom. The molecule has 1 aliphatic heterocycles. The molecule has 1 atom stereocenters. The number of rotatable bonds is 5. The fourth-order valence-electron chi connectivity index (χ4n) is 2.91. The molecule has 2 aromatic rings. The number of carbonyl (C=O) groups is 1. The summed E-state index contributed by atoms with van der Waals surface area (Å²) in [4.78, 5) is 15.7. The molecule has 1 aromatic carbocycles. The number of aryl methyl sites for hydroxylation is 1. The Hall–Kier alpha value is -2.81. The fourth-order valence-corrected chi connectivity index (χ4v) is 2.91. The van der Waals surface area contributed by atoms with Crippen LogP contribution in [-0.4, -0.2) is 29.6 Å². The number of aromatic nitrogens is 1. The summed E-state index contributed by atoms with van der Waals surface area (Å²) in [5.41, 5.74) is 1.45. The van der Waals surface area contributed by atoms with Crippen molar-refractivity contribution in [1.82, 2.24) is 10.3 Å². The van der Waals surface area contributed by atoms with Gasteiger partial charge in [-0.15, -0.1) is 0 Å². The Balaban J connectivity index is 1.96. The van der Waals surface area contributed by atoms with Crippen LogP contribution in [0.1, 0.15) is 37.8 Å². The SMILES string of the molecule is Cc1cnc(OC[C@@H]2CCC(=O)N2)c2cc(OC(C)C)c(C#N)cc12. The smallest absolute Gasteiger partial charge is 0.221 e. The first kappa shape index (κ1) is 17.0. The van der Waals surface area contributed by atoms with Gasteiger partial charge in [0.2, 0.25) is 11.8 Å². The lowest BCUT2D eigenvalue weighted by Crippen LogP contribution is -2.31. The van der Waals surface area contributed by atoms with Crippen molar-refractivity contribution < 1.29 is 14.3 Å². The van der Waals surface area contributed by atoms with E-state index >= 15 is 0 Å². The van der Waals surface area contributed by atoms with Gasteiger partial charge in [0.25, 0.3) is 0 Å². The third-order valence-electron chi connectivity index (χ3n) is 4.14. The van der Waals surface area contributed by atoms with Crippen LogP contribution in [-0.2, 0) is 4.79 Å². The van der Waals surface area contributed by atoms with Gasteiger partial charge in [-0.3, -0.25) is 4.79 Å². The van der Waals surface area contributed by atoms with Gasteiger partial charge in [0.1, 0.15) is 18.4 Å². The first-order chi connectivity index (χ1) is 12.0. The zero-order valence-corrected chi connectivity index (χ0v) is 14.6. The van der Waals surface area contributed by atoms with Gasteiger partial charge in [0.15, 0.2) is 0 Å². The van der Waals surface area contributed by atoms with Crippen molar-refractivity contribution in [3.63, 3.8) is 0 Å². The van der Waals surface area contributed by atoms with Gasteiger partial charge in [-0.2, -0.15) is 5.26 Å². The van der Waals surface area contributed by atoms with E-state index in [1.165, 1.54) is 0 Å². The van der Waals surface area contributed by atoms with Crippen molar-refractivity contribution in [3.05, 3.63) is 29.5 Å². The van der Waals surface area contributed by atoms with E-state index in [9.17, 15) is 10.1 Å². The number of hydrogen-bond donors (Lipinski definition) is 1. The lowest BCUT2D eigenvalue weighted by Gasteiger charge is -2.16. The van der Waals surface area contributed by atoms with E-state index in [2.05, 4.69) is 16.4 Å². The summed E-state index contributed by atoms with van der Waals surface area (Å²) < 4.78 is 11.6. The maximum atomic E-state index is 11.3. The maximum absolute atomic E-state index is 11.3. The molecule has 0 saturated carbocycles. The molecule has 130 valence electrons. The standard InChI is InChI=1S/C19H21N3O3/c1-11(2)25-17-7-16-15(6-13(17)8-20)12(3)9-21-19(16)24-10-14-4-5-18(23)22-14/h6-7,9,11,14H,4-5,10H2,1-3H3,(H,22,23)/t14-/m0/s1. The summed E-state index contributed by atoms with van der Waals surface area (Å²) in [6.07, 6.45) is 2.99. The number of nitriles is 1. The molecule has 3 rings (SSSR count). The molecular weight excluding hydrogens is 318 g/mol.